The molecule has 0 saturated heterocycles. The molecular weight excluding hydrogens is 228 g/mol. The lowest BCUT2D eigenvalue weighted by atomic mass is 9.81. The molecule has 0 heteroatoms. The average Bonchev–Trinajstić information content (AvgIpc) is 2.79. The monoisotopic (exact) mass is 254 g/mol. The smallest absolute Gasteiger partial charge is 0.0224 e. The van der Waals surface area contributed by atoms with Gasteiger partial charge in [-0.15, -0.1) is 6.58 Å². The summed E-state index contributed by atoms with van der Waals surface area (Å²) in [5.41, 5.74) is 3.18. The molecule has 2 unspecified atom stereocenters. The van der Waals surface area contributed by atoms with Crippen molar-refractivity contribution in [3.63, 3.8) is 0 Å². The first-order valence-corrected chi connectivity index (χ1v) is 7.47. The van der Waals surface area contributed by atoms with Gasteiger partial charge in [-0.25, -0.2) is 0 Å². The summed E-state index contributed by atoms with van der Waals surface area (Å²) < 4.78 is 0. The van der Waals surface area contributed by atoms with Crippen LogP contribution >= 0.6 is 0 Å². The maximum atomic E-state index is 3.83. The van der Waals surface area contributed by atoms with E-state index in [-0.39, 0.29) is 0 Å². The molecule has 0 radical (unpaired) electrons. The fraction of sp³-hybridized carbons (Fsp3) is 0.474. The van der Waals surface area contributed by atoms with E-state index in [1.165, 1.54) is 49.7 Å². The Morgan fingerprint density at radius 1 is 1.26 bits per heavy atom. The first-order valence-electron chi connectivity index (χ1n) is 7.47. The summed E-state index contributed by atoms with van der Waals surface area (Å²) in [6, 6.07) is 8.88. The fourth-order valence-electron chi connectivity index (χ4n) is 3.48. The standard InChI is InChI=1S/C19H26/c1-4-6-7-17-12-13-19(3,14-17)15-18-10-8-16(5-2)9-11-18/h4-5,8-11,17H,1-2,6-7,12-15H2,3H3. The van der Waals surface area contributed by atoms with Crippen LogP contribution in [0.15, 0.2) is 43.5 Å². The summed E-state index contributed by atoms with van der Waals surface area (Å²) in [6.45, 7) is 10.1. The molecule has 19 heavy (non-hydrogen) atoms. The molecule has 1 fully saturated rings. The van der Waals surface area contributed by atoms with Gasteiger partial charge in [-0.1, -0.05) is 49.9 Å². The van der Waals surface area contributed by atoms with Gasteiger partial charge in [0, 0.05) is 0 Å². The van der Waals surface area contributed by atoms with Gasteiger partial charge in [0.05, 0.1) is 0 Å². The zero-order chi connectivity index (χ0) is 13.7. The van der Waals surface area contributed by atoms with Gasteiger partial charge < -0.3 is 0 Å². The van der Waals surface area contributed by atoms with Crippen molar-refractivity contribution in [1.82, 2.24) is 0 Å². The van der Waals surface area contributed by atoms with Crippen LogP contribution in [0.2, 0.25) is 0 Å². The van der Waals surface area contributed by atoms with Crippen LogP contribution in [0.4, 0.5) is 0 Å². The lowest BCUT2D eigenvalue weighted by Gasteiger charge is -2.24. The lowest BCUT2D eigenvalue weighted by Crippen LogP contribution is -2.15. The van der Waals surface area contributed by atoms with Crippen molar-refractivity contribution in [3.8, 4) is 0 Å². The minimum absolute atomic E-state index is 0.502. The molecule has 0 N–H and O–H groups in total. The van der Waals surface area contributed by atoms with E-state index in [0.29, 0.717) is 5.41 Å². The number of hydrogen-bond acceptors (Lipinski definition) is 0. The Labute approximate surface area is 118 Å². The minimum Gasteiger partial charge on any atom is -0.103 e. The maximum Gasteiger partial charge on any atom is -0.0224 e. The molecule has 0 bridgehead atoms. The third-order valence-corrected chi connectivity index (χ3v) is 4.56. The van der Waals surface area contributed by atoms with Crippen LogP contribution < -0.4 is 0 Å². The van der Waals surface area contributed by atoms with Gasteiger partial charge in [0.1, 0.15) is 0 Å². The van der Waals surface area contributed by atoms with Crippen molar-refractivity contribution in [3.05, 3.63) is 54.6 Å². The van der Waals surface area contributed by atoms with Crippen molar-refractivity contribution in [1.29, 1.82) is 0 Å². The zero-order valence-electron chi connectivity index (χ0n) is 12.2. The lowest BCUT2D eigenvalue weighted by molar-refractivity contribution is 0.314. The summed E-state index contributed by atoms with van der Waals surface area (Å²) in [6.07, 6.45) is 11.8. The Hall–Kier alpha value is -1.30. The summed E-state index contributed by atoms with van der Waals surface area (Å²) in [5, 5.41) is 0. The summed E-state index contributed by atoms with van der Waals surface area (Å²) in [7, 11) is 0. The highest BCUT2D eigenvalue weighted by Crippen LogP contribution is 2.45. The number of hydrogen-bond donors (Lipinski definition) is 0. The average molecular weight is 254 g/mol. The van der Waals surface area contributed by atoms with Crippen molar-refractivity contribution >= 4 is 6.08 Å². The van der Waals surface area contributed by atoms with E-state index in [0.717, 1.165) is 5.92 Å². The Morgan fingerprint density at radius 3 is 2.63 bits per heavy atom. The summed E-state index contributed by atoms with van der Waals surface area (Å²) in [5.74, 6) is 0.912. The molecule has 0 aliphatic heterocycles. The molecule has 102 valence electrons. The van der Waals surface area contributed by atoms with Crippen molar-refractivity contribution in [2.24, 2.45) is 11.3 Å². The van der Waals surface area contributed by atoms with Gasteiger partial charge in [0.15, 0.2) is 0 Å². The summed E-state index contributed by atoms with van der Waals surface area (Å²) in [4.78, 5) is 0. The van der Waals surface area contributed by atoms with Gasteiger partial charge in [0.2, 0.25) is 0 Å². The topological polar surface area (TPSA) is 0 Å². The molecule has 1 saturated carbocycles. The molecule has 2 atom stereocenters. The maximum absolute atomic E-state index is 3.83. The van der Waals surface area contributed by atoms with Gasteiger partial charge in [0.25, 0.3) is 0 Å². The first-order chi connectivity index (χ1) is 9.15. The van der Waals surface area contributed by atoms with E-state index in [1.54, 1.807) is 0 Å². The molecule has 0 spiro atoms. The molecule has 0 amide bonds. The first kappa shape index (κ1) is 14.1. The Bertz CT molecular complexity index is 426. The van der Waals surface area contributed by atoms with Gasteiger partial charge in [-0.3, -0.25) is 0 Å². The SMILES string of the molecule is C=CCCC1CCC(C)(Cc2ccc(C=C)cc2)C1. The molecule has 0 nitrogen and oxygen atoms in total. The number of rotatable bonds is 6. The normalized spacial score (nSPS) is 26.3. The van der Waals surface area contributed by atoms with Crippen LogP contribution in [0.3, 0.4) is 0 Å². The predicted molar refractivity (Wildman–Crippen MR) is 85.1 cm³/mol. The quantitative estimate of drug-likeness (QED) is 0.576. The molecule has 0 heterocycles. The van der Waals surface area contributed by atoms with Crippen LogP contribution in [0.25, 0.3) is 6.08 Å². The van der Waals surface area contributed by atoms with E-state index in [2.05, 4.69) is 50.4 Å². The van der Waals surface area contributed by atoms with Crippen LogP contribution in [-0.4, -0.2) is 0 Å². The van der Waals surface area contributed by atoms with Crippen LogP contribution in [0, 0.1) is 11.3 Å². The highest BCUT2D eigenvalue weighted by molar-refractivity contribution is 5.47. The van der Waals surface area contributed by atoms with E-state index in [9.17, 15) is 0 Å². The van der Waals surface area contributed by atoms with Gasteiger partial charge in [-0.2, -0.15) is 0 Å². The Balaban J connectivity index is 1.94. The van der Waals surface area contributed by atoms with E-state index >= 15 is 0 Å². The van der Waals surface area contributed by atoms with Crippen molar-refractivity contribution < 1.29 is 0 Å². The van der Waals surface area contributed by atoms with Crippen molar-refractivity contribution in [2.45, 2.75) is 45.4 Å². The van der Waals surface area contributed by atoms with E-state index < -0.39 is 0 Å². The number of allylic oxidation sites excluding steroid dienone is 1. The van der Waals surface area contributed by atoms with Crippen LogP contribution in [0.1, 0.15) is 50.2 Å². The molecule has 1 aliphatic rings. The second-order valence-electron chi connectivity index (χ2n) is 6.41. The van der Waals surface area contributed by atoms with Crippen LogP contribution in [-0.2, 0) is 6.42 Å². The second kappa shape index (κ2) is 6.23. The van der Waals surface area contributed by atoms with Crippen LogP contribution in [0.5, 0.6) is 0 Å². The molecule has 2 rings (SSSR count). The molecule has 1 aliphatic carbocycles. The van der Waals surface area contributed by atoms with E-state index in [4.69, 9.17) is 0 Å². The third-order valence-electron chi connectivity index (χ3n) is 4.56. The van der Waals surface area contributed by atoms with Crippen molar-refractivity contribution in [2.75, 3.05) is 0 Å². The molecular formula is C19H26. The minimum atomic E-state index is 0.502. The predicted octanol–water partition coefficient (Wildman–Crippen LogP) is 5.64. The Kier molecular flexibility index (Phi) is 4.63. The zero-order valence-corrected chi connectivity index (χ0v) is 12.2. The Morgan fingerprint density at radius 2 is 2.00 bits per heavy atom. The van der Waals surface area contributed by atoms with E-state index in [1.807, 2.05) is 6.08 Å². The molecule has 0 aromatic heterocycles. The van der Waals surface area contributed by atoms with Gasteiger partial charge in [-0.05, 0) is 61.0 Å². The van der Waals surface area contributed by atoms with Gasteiger partial charge >= 0.3 is 0 Å². The molecule has 1 aromatic rings. The highest BCUT2D eigenvalue weighted by Gasteiger charge is 2.34. The number of benzene rings is 1. The third kappa shape index (κ3) is 3.83. The highest BCUT2D eigenvalue weighted by atomic mass is 14.4. The largest absolute Gasteiger partial charge is 0.103 e. The molecule has 1 aromatic carbocycles. The summed E-state index contributed by atoms with van der Waals surface area (Å²) >= 11 is 0. The fourth-order valence-corrected chi connectivity index (χ4v) is 3.48. The second-order valence-corrected chi connectivity index (χ2v) is 6.41.